The second kappa shape index (κ2) is 10.4. The number of methoxy groups -OCH3 is 1. The van der Waals surface area contributed by atoms with Crippen LogP contribution in [0.1, 0.15) is 46.4 Å². The van der Waals surface area contributed by atoms with Crippen LogP contribution in [0, 0.1) is 13.8 Å². The third kappa shape index (κ3) is 5.62. The molecule has 0 fully saturated rings. The molecule has 0 spiro atoms. The lowest BCUT2D eigenvalue weighted by atomic mass is 9.97. The number of benzene rings is 2. The van der Waals surface area contributed by atoms with Crippen LogP contribution in [0.2, 0.25) is 0 Å². The van der Waals surface area contributed by atoms with Gasteiger partial charge in [-0.15, -0.1) is 0 Å². The zero-order valence-corrected chi connectivity index (χ0v) is 19.1. The molecule has 31 heavy (non-hydrogen) atoms. The molecule has 7 heteroatoms. The summed E-state index contributed by atoms with van der Waals surface area (Å²) in [5.41, 5.74) is 11.6. The molecule has 1 heterocycles. The summed E-state index contributed by atoms with van der Waals surface area (Å²) in [4.78, 5) is 22.2. The van der Waals surface area contributed by atoms with Crippen molar-refractivity contribution in [1.29, 1.82) is 0 Å². The van der Waals surface area contributed by atoms with E-state index < -0.39 is 0 Å². The van der Waals surface area contributed by atoms with Gasteiger partial charge in [0, 0.05) is 16.2 Å². The van der Waals surface area contributed by atoms with E-state index in [0.29, 0.717) is 18.1 Å². The molecular weight excluding hydrogens is 408 g/mol. The third-order valence-corrected chi connectivity index (χ3v) is 5.88. The van der Waals surface area contributed by atoms with Gasteiger partial charge in [0.25, 0.3) is 0 Å². The SMILES string of the molecule is COC(=O)c1cccc(SNc2nc(-c3c(C)cccc3C)cc(C(C)CCN)n2)c1. The number of nitrogens with two attached hydrogens (primary N) is 1. The number of hydrogen-bond acceptors (Lipinski definition) is 7. The molecule has 2 aromatic carbocycles. The predicted molar refractivity (Wildman–Crippen MR) is 126 cm³/mol. The lowest BCUT2D eigenvalue weighted by Gasteiger charge is -2.16. The van der Waals surface area contributed by atoms with Crippen molar-refractivity contribution in [2.24, 2.45) is 5.73 Å². The maximum absolute atomic E-state index is 11.8. The number of rotatable bonds is 8. The third-order valence-electron chi connectivity index (χ3n) is 5.10. The van der Waals surface area contributed by atoms with Gasteiger partial charge in [0.05, 0.1) is 18.4 Å². The largest absolute Gasteiger partial charge is 0.465 e. The lowest BCUT2D eigenvalue weighted by molar-refractivity contribution is 0.0600. The topological polar surface area (TPSA) is 90.1 Å². The highest BCUT2D eigenvalue weighted by Crippen LogP contribution is 2.30. The molecule has 0 aliphatic heterocycles. The van der Waals surface area contributed by atoms with Gasteiger partial charge in [-0.3, -0.25) is 4.72 Å². The Labute approximate surface area is 187 Å². The second-order valence-electron chi connectivity index (χ2n) is 7.47. The lowest BCUT2D eigenvalue weighted by Crippen LogP contribution is -2.09. The van der Waals surface area contributed by atoms with Crippen LogP contribution in [0.5, 0.6) is 0 Å². The van der Waals surface area contributed by atoms with E-state index in [4.69, 9.17) is 20.4 Å². The summed E-state index contributed by atoms with van der Waals surface area (Å²) < 4.78 is 8.05. The molecule has 1 atom stereocenters. The summed E-state index contributed by atoms with van der Waals surface area (Å²) in [5, 5.41) is 0. The number of nitrogens with one attached hydrogen (secondary N) is 1. The molecule has 0 bridgehead atoms. The number of anilines is 1. The Morgan fingerprint density at radius 3 is 2.52 bits per heavy atom. The van der Waals surface area contributed by atoms with Crippen molar-refractivity contribution in [3.63, 3.8) is 0 Å². The van der Waals surface area contributed by atoms with E-state index in [9.17, 15) is 4.79 Å². The Balaban J connectivity index is 1.94. The molecule has 0 amide bonds. The number of hydrogen-bond donors (Lipinski definition) is 2. The molecular formula is C24H28N4O2S. The predicted octanol–water partition coefficient (Wildman–Crippen LogP) is 5.12. The van der Waals surface area contributed by atoms with Crippen molar-refractivity contribution < 1.29 is 9.53 Å². The van der Waals surface area contributed by atoms with Gasteiger partial charge in [0.2, 0.25) is 5.95 Å². The van der Waals surface area contributed by atoms with E-state index in [0.717, 1.165) is 28.3 Å². The van der Waals surface area contributed by atoms with Gasteiger partial charge in [0.1, 0.15) is 0 Å². The number of aryl methyl sites for hydroxylation is 2. The van der Waals surface area contributed by atoms with Gasteiger partial charge in [-0.1, -0.05) is 31.2 Å². The molecule has 6 nitrogen and oxygen atoms in total. The van der Waals surface area contributed by atoms with E-state index in [1.165, 1.54) is 30.2 Å². The van der Waals surface area contributed by atoms with Crippen molar-refractivity contribution in [2.75, 3.05) is 18.4 Å². The molecule has 0 radical (unpaired) electrons. The Kier molecular flexibility index (Phi) is 7.65. The van der Waals surface area contributed by atoms with Crippen LogP contribution in [0.4, 0.5) is 5.95 Å². The highest BCUT2D eigenvalue weighted by atomic mass is 32.2. The Hall–Kier alpha value is -2.90. The zero-order chi connectivity index (χ0) is 22.4. The first-order valence-corrected chi connectivity index (χ1v) is 11.0. The first-order valence-electron chi connectivity index (χ1n) is 10.2. The fraction of sp³-hybridized carbons (Fsp3) is 0.292. The van der Waals surface area contributed by atoms with E-state index in [2.05, 4.69) is 49.8 Å². The summed E-state index contributed by atoms with van der Waals surface area (Å²) in [6, 6.07) is 15.5. The first-order chi connectivity index (χ1) is 14.9. The quantitative estimate of drug-likeness (QED) is 0.374. The number of nitrogens with zero attached hydrogens (tertiary/aromatic N) is 2. The first kappa shape index (κ1) is 22.8. The Morgan fingerprint density at radius 1 is 1.13 bits per heavy atom. The average molecular weight is 437 g/mol. The number of esters is 1. The number of carbonyl (C=O) groups excluding carboxylic acids is 1. The highest BCUT2D eigenvalue weighted by Gasteiger charge is 2.15. The number of carbonyl (C=O) groups is 1. The molecule has 1 unspecified atom stereocenters. The van der Waals surface area contributed by atoms with Gasteiger partial charge < -0.3 is 10.5 Å². The van der Waals surface area contributed by atoms with Crippen molar-refractivity contribution in [2.45, 2.75) is 38.0 Å². The van der Waals surface area contributed by atoms with Gasteiger partial charge in [-0.2, -0.15) is 0 Å². The molecule has 3 N–H and O–H groups in total. The standard InChI is InChI=1S/C24H28N4O2S/c1-15(11-12-25)20-14-21(22-16(2)7-5-8-17(22)3)27-24(26-20)28-31-19-10-6-9-18(13-19)23(29)30-4/h5-10,13-15H,11-12,25H2,1-4H3,(H,26,27,28). The Morgan fingerprint density at radius 2 is 1.84 bits per heavy atom. The van der Waals surface area contributed by atoms with Crippen LogP contribution >= 0.6 is 11.9 Å². The maximum atomic E-state index is 11.8. The molecule has 3 rings (SSSR count). The monoisotopic (exact) mass is 436 g/mol. The van der Waals surface area contributed by atoms with Crippen LogP contribution in [-0.2, 0) is 4.74 Å². The maximum Gasteiger partial charge on any atom is 0.337 e. The fourth-order valence-corrected chi connectivity index (χ4v) is 4.05. The molecule has 162 valence electrons. The smallest absolute Gasteiger partial charge is 0.337 e. The van der Waals surface area contributed by atoms with E-state index >= 15 is 0 Å². The Bertz CT molecular complexity index is 1050. The van der Waals surface area contributed by atoms with Crippen LogP contribution in [0.3, 0.4) is 0 Å². The van der Waals surface area contributed by atoms with Crippen molar-refractivity contribution in [1.82, 2.24) is 9.97 Å². The van der Waals surface area contributed by atoms with Crippen molar-refractivity contribution >= 4 is 23.9 Å². The van der Waals surface area contributed by atoms with E-state index in [1.54, 1.807) is 12.1 Å². The van der Waals surface area contributed by atoms with Crippen molar-refractivity contribution in [3.05, 3.63) is 70.9 Å². The van der Waals surface area contributed by atoms with E-state index in [-0.39, 0.29) is 11.9 Å². The van der Waals surface area contributed by atoms with Crippen molar-refractivity contribution in [3.8, 4) is 11.3 Å². The van der Waals surface area contributed by atoms with Gasteiger partial charge in [-0.25, -0.2) is 14.8 Å². The normalized spacial score (nSPS) is 11.8. The average Bonchev–Trinajstić information content (AvgIpc) is 2.77. The molecule has 0 aliphatic rings. The van der Waals surface area contributed by atoms with Crippen LogP contribution in [0.25, 0.3) is 11.3 Å². The van der Waals surface area contributed by atoms with Crippen LogP contribution in [-0.4, -0.2) is 29.6 Å². The molecule has 0 saturated heterocycles. The van der Waals surface area contributed by atoms with Crippen LogP contribution < -0.4 is 10.5 Å². The minimum Gasteiger partial charge on any atom is -0.465 e. The molecule has 0 aliphatic carbocycles. The second-order valence-corrected chi connectivity index (χ2v) is 8.35. The number of aromatic nitrogens is 2. The number of ether oxygens (including phenoxy) is 1. The summed E-state index contributed by atoms with van der Waals surface area (Å²) in [6.45, 7) is 6.91. The minimum absolute atomic E-state index is 0.212. The summed E-state index contributed by atoms with van der Waals surface area (Å²) in [7, 11) is 1.37. The van der Waals surface area contributed by atoms with Gasteiger partial charge in [-0.05, 0) is 80.1 Å². The summed E-state index contributed by atoms with van der Waals surface area (Å²) in [6.07, 6.45) is 0.844. The van der Waals surface area contributed by atoms with E-state index in [1.807, 2.05) is 12.1 Å². The van der Waals surface area contributed by atoms with Crippen LogP contribution in [0.15, 0.2) is 53.4 Å². The highest BCUT2D eigenvalue weighted by molar-refractivity contribution is 8.00. The van der Waals surface area contributed by atoms with Gasteiger partial charge in [0.15, 0.2) is 0 Å². The summed E-state index contributed by atoms with van der Waals surface area (Å²) >= 11 is 1.35. The fourth-order valence-electron chi connectivity index (χ4n) is 3.42. The molecule has 1 aromatic heterocycles. The molecule has 3 aromatic rings. The minimum atomic E-state index is -0.367. The molecule has 0 saturated carbocycles. The summed E-state index contributed by atoms with van der Waals surface area (Å²) in [5.74, 6) is 0.366. The zero-order valence-electron chi connectivity index (χ0n) is 18.3. The van der Waals surface area contributed by atoms with Gasteiger partial charge >= 0.3 is 5.97 Å².